The molecule has 26 heavy (non-hydrogen) atoms. The summed E-state index contributed by atoms with van der Waals surface area (Å²) >= 11 is 0. The molecule has 1 amide bonds. The third-order valence-corrected chi connectivity index (χ3v) is 3.67. The monoisotopic (exact) mass is 351 g/mol. The average Bonchev–Trinajstić information content (AvgIpc) is 2.98. The van der Waals surface area contributed by atoms with E-state index in [9.17, 15) is 14.7 Å². The van der Waals surface area contributed by atoms with Gasteiger partial charge in [0, 0.05) is 10.9 Å². The van der Waals surface area contributed by atoms with Gasteiger partial charge in [0.15, 0.2) is 5.76 Å². The van der Waals surface area contributed by atoms with Gasteiger partial charge in [-0.05, 0) is 42.8 Å². The first-order valence-electron chi connectivity index (χ1n) is 7.79. The molecule has 0 fully saturated rings. The Hall–Kier alpha value is -3.61. The van der Waals surface area contributed by atoms with Crippen LogP contribution >= 0.6 is 0 Å². The van der Waals surface area contributed by atoms with E-state index in [2.05, 4.69) is 10.5 Å². The lowest BCUT2D eigenvalue weighted by Crippen LogP contribution is -2.28. The number of carboxylic acid groups (broad SMARTS) is 1. The minimum absolute atomic E-state index is 0.217. The van der Waals surface area contributed by atoms with E-state index < -0.39 is 18.5 Å². The Labute approximate surface area is 148 Å². The minimum Gasteiger partial charge on any atom is -0.546 e. The molecule has 0 bridgehead atoms. The second-order valence-corrected chi connectivity index (χ2v) is 5.48. The molecule has 0 radical (unpaired) electrons. The van der Waals surface area contributed by atoms with E-state index in [4.69, 9.17) is 9.15 Å². The molecule has 0 atom stereocenters. The molecule has 0 aliphatic carbocycles. The van der Waals surface area contributed by atoms with Crippen molar-refractivity contribution in [2.24, 2.45) is 5.10 Å². The van der Waals surface area contributed by atoms with Crippen LogP contribution in [-0.4, -0.2) is 24.7 Å². The average molecular weight is 351 g/mol. The molecule has 1 heterocycles. The molecule has 0 unspecified atom stereocenters. The lowest BCUT2D eigenvalue weighted by atomic mass is 10.1. The Morgan fingerprint density at radius 2 is 1.92 bits per heavy atom. The Bertz CT molecular complexity index is 973. The molecule has 0 saturated carbocycles. The molecular weight excluding hydrogens is 336 g/mol. The maximum absolute atomic E-state index is 12.2. The number of carbonyl (C=O) groups is 2. The molecule has 1 aromatic heterocycles. The van der Waals surface area contributed by atoms with Gasteiger partial charge in [0.05, 0.1) is 12.2 Å². The molecular formula is C19H15N2O5-. The molecule has 1 N–H and O–H groups in total. The summed E-state index contributed by atoms with van der Waals surface area (Å²) in [7, 11) is 0. The molecule has 132 valence electrons. The van der Waals surface area contributed by atoms with Gasteiger partial charge in [-0.15, -0.1) is 0 Å². The number of aliphatic carboxylic acids is 1. The van der Waals surface area contributed by atoms with Crippen LogP contribution < -0.4 is 15.3 Å². The van der Waals surface area contributed by atoms with Gasteiger partial charge in [-0.1, -0.05) is 18.2 Å². The molecule has 0 saturated heterocycles. The van der Waals surface area contributed by atoms with Crippen molar-refractivity contribution in [1.82, 2.24) is 5.43 Å². The maximum Gasteiger partial charge on any atom is 0.307 e. The number of amides is 1. The Kier molecular flexibility index (Phi) is 4.98. The van der Waals surface area contributed by atoms with Gasteiger partial charge in [0.2, 0.25) is 0 Å². The number of benzene rings is 2. The van der Waals surface area contributed by atoms with Gasteiger partial charge in [-0.3, -0.25) is 4.79 Å². The van der Waals surface area contributed by atoms with Gasteiger partial charge in [0.25, 0.3) is 0 Å². The van der Waals surface area contributed by atoms with Crippen LogP contribution in [0.25, 0.3) is 11.0 Å². The van der Waals surface area contributed by atoms with Crippen LogP contribution in [-0.2, 0) is 4.79 Å². The van der Waals surface area contributed by atoms with Crippen LogP contribution in [0.5, 0.6) is 5.75 Å². The summed E-state index contributed by atoms with van der Waals surface area (Å²) in [6.45, 7) is 1.30. The van der Waals surface area contributed by atoms with E-state index in [0.717, 1.165) is 10.9 Å². The Morgan fingerprint density at radius 3 is 2.62 bits per heavy atom. The highest BCUT2D eigenvalue weighted by Gasteiger charge is 2.16. The van der Waals surface area contributed by atoms with Crippen molar-refractivity contribution in [1.29, 1.82) is 0 Å². The van der Waals surface area contributed by atoms with E-state index >= 15 is 0 Å². The topological polar surface area (TPSA) is 104 Å². The maximum atomic E-state index is 12.2. The summed E-state index contributed by atoms with van der Waals surface area (Å²) in [5.41, 5.74) is 4.52. The number of fused-ring (bicyclic) bond motifs is 1. The fourth-order valence-corrected chi connectivity index (χ4v) is 2.40. The fourth-order valence-electron chi connectivity index (χ4n) is 2.40. The number of nitrogens with zero attached hydrogens (tertiary/aromatic N) is 1. The smallest absolute Gasteiger partial charge is 0.307 e. The first-order chi connectivity index (χ1) is 12.5. The van der Waals surface area contributed by atoms with E-state index in [1.807, 2.05) is 25.1 Å². The number of nitrogens with one attached hydrogen (secondary N) is 1. The number of carbonyl (C=O) groups excluding carboxylic acids is 2. The lowest BCUT2D eigenvalue weighted by molar-refractivity contribution is -0.307. The van der Waals surface area contributed by atoms with Crippen LogP contribution in [0.1, 0.15) is 21.7 Å². The number of hydrogen-bond donors (Lipinski definition) is 1. The van der Waals surface area contributed by atoms with Crippen molar-refractivity contribution in [2.45, 2.75) is 6.92 Å². The number of hydrazone groups is 1. The van der Waals surface area contributed by atoms with Crippen molar-refractivity contribution in [3.8, 4) is 5.75 Å². The van der Waals surface area contributed by atoms with Crippen molar-refractivity contribution < 1.29 is 23.8 Å². The Morgan fingerprint density at radius 1 is 1.19 bits per heavy atom. The Balaban J connectivity index is 1.63. The standard InChI is InChI=1S/C19H16N2O5/c1-12-15-4-2-3-5-16(15)26-18(12)19(24)21-20-10-13-6-8-14(9-7-13)25-11-17(22)23/h2-10H,11H2,1H3,(H,21,24)(H,22,23)/p-1/b20-10-. The van der Waals surface area contributed by atoms with Crippen LogP contribution in [0.3, 0.4) is 0 Å². The van der Waals surface area contributed by atoms with E-state index in [0.29, 0.717) is 16.9 Å². The number of aryl methyl sites for hydroxylation is 1. The molecule has 0 aliphatic heterocycles. The van der Waals surface area contributed by atoms with Gasteiger partial charge < -0.3 is 19.1 Å². The minimum atomic E-state index is -1.29. The largest absolute Gasteiger partial charge is 0.546 e. The second kappa shape index (κ2) is 7.52. The third kappa shape index (κ3) is 3.89. The molecule has 7 nitrogen and oxygen atoms in total. The normalized spacial score (nSPS) is 11.0. The summed E-state index contributed by atoms with van der Waals surface area (Å²) in [5.74, 6) is -1.12. The summed E-state index contributed by atoms with van der Waals surface area (Å²) in [4.78, 5) is 22.6. The van der Waals surface area contributed by atoms with Gasteiger partial charge in [0.1, 0.15) is 17.9 Å². The zero-order valence-electron chi connectivity index (χ0n) is 13.9. The number of carboxylic acids is 1. The number of rotatable bonds is 6. The number of ether oxygens (including phenoxy) is 1. The van der Waals surface area contributed by atoms with Crippen molar-refractivity contribution in [3.05, 3.63) is 65.4 Å². The molecule has 7 heteroatoms. The summed E-state index contributed by atoms with van der Waals surface area (Å²) in [6, 6.07) is 13.9. The summed E-state index contributed by atoms with van der Waals surface area (Å²) < 4.78 is 10.5. The molecule has 0 aliphatic rings. The number of para-hydroxylation sites is 1. The van der Waals surface area contributed by atoms with E-state index in [1.165, 1.54) is 6.21 Å². The fraction of sp³-hybridized carbons (Fsp3) is 0.105. The first kappa shape index (κ1) is 17.2. The summed E-state index contributed by atoms with van der Waals surface area (Å²) in [5, 5.41) is 15.1. The molecule has 3 rings (SSSR count). The van der Waals surface area contributed by atoms with Crippen molar-refractivity contribution in [2.75, 3.05) is 6.61 Å². The highest BCUT2D eigenvalue weighted by Crippen LogP contribution is 2.24. The number of furan rings is 1. The predicted octanol–water partition coefficient (Wildman–Crippen LogP) is 1.63. The van der Waals surface area contributed by atoms with Gasteiger partial charge in [-0.2, -0.15) is 5.10 Å². The number of hydrogen-bond acceptors (Lipinski definition) is 6. The molecule has 0 spiro atoms. The predicted molar refractivity (Wildman–Crippen MR) is 93.0 cm³/mol. The third-order valence-electron chi connectivity index (χ3n) is 3.67. The van der Waals surface area contributed by atoms with Crippen molar-refractivity contribution in [3.63, 3.8) is 0 Å². The SMILES string of the molecule is Cc1c(C(=O)N/N=C\c2ccc(OCC(=O)[O-])cc2)oc2ccccc12. The zero-order valence-corrected chi connectivity index (χ0v) is 13.9. The van der Waals surface area contributed by atoms with Crippen LogP contribution in [0.4, 0.5) is 0 Å². The van der Waals surface area contributed by atoms with E-state index in [-0.39, 0.29) is 5.76 Å². The van der Waals surface area contributed by atoms with Crippen LogP contribution in [0, 0.1) is 6.92 Å². The van der Waals surface area contributed by atoms with Gasteiger partial charge >= 0.3 is 5.91 Å². The van der Waals surface area contributed by atoms with Crippen molar-refractivity contribution >= 4 is 29.1 Å². The highest BCUT2D eigenvalue weighted by atomic mass is 16.5. The lowest BCUT2D eigenvalue weighted by Gasteiger charge is -2.06. The molecule has 2 aromatic carbocycles. The zero-order chi connectivity index (χ0) is 18.5. The second-order valence-electron chi connectivity index (χ2n) is 5.48. The van der Waals surface area contributed by atoms with Gasteiger partial charge in [-0.25, -0.2) is 5.43 Å². The van der Waals surface area contributed by atoms with Crippen LogP contribution in [0.15, 0.2) is 58.0 Å². The molecule has 3 aromatic rings. The quantitative estimate of drug-likeness (QED) is 0.537. The van der Waals surface area contributed by atoms with E-state index in [1.54, 1.807) is 30.3 Å². The highest BCUT2D eigenvalue weighted by molar-refractivity contribution is 5.99. The van der Waals surface area contributed by atoms with Crippen LogP contribution in [0.2, 0.25) is 0 Å². The summed E-state index contributed by atoms with van der Waals surface area (Å²) in [6.07, 6.45) is 1.46. The first-order valence-corrected chi connectivity index (χ1v) is 7.79.